The fourth-order valence-electron chi connectivity index (χ4n) is 4.18. The summed E-state index contributed by atoms with van der Waals surface area (Å²) in [6, 6.07) is 10.1. The van der Waals surface area contributed by atoms with Crippen molar-refractivity contribution in [3.05, 3.63) is 80.1 Å². The van der Waals surface area contributed by atoms with Gasteiger partial charge in [-0.1, -0.05) is 17.7 Å². The molecule has 0 saturated heterocycles. The van der Waals surface area contributed by atoms with Crippen LogP contribution in [0.15, 0.2) is 51.0 Å². The molecule has 0 saturated carbocycles. The molecule has 1 aliphatic rings. The van der Waals surface area contributed by atoms with Gasteiger partial charge in [-0.3, -0.25) is 14.5 Å². The summed E-state index contributed by atoms with van der Waals surface area (Å²) in [5, 5.41) is 2.82. The highest BCUT2D eigenvalue weighted by molar-refractivity contribution is 7.14. The van der Waals surface area contributed by atoms with E-state index >= 15 is 0 Å². The molecule has 33 heavy (non-hydrogen) atoms. The van der Waals surface area contributed by atoms with E-state index in [1.54, 1.807) is 31.4 Å². The van der Waals surface area contributed by atoms with Crippen molar-refractivity contribution in [2.75, 3.05) is 18.6 Å². The summed E-state index contributed by atoms with van der Waals surface area (Å²) >= 11 is 1.35. The minimum absolute atomic E-state index is 0.0436. The Morgan fingerprint density at radius 1 is 1.12 bits per heavy atom. The van der Waals surface area contributed by atoms with Crippen molar-refractivity contribution >= 4 is 33.3 Å². The molecule has 3 heterocycles. The van der Waals surface area contributed by atoms with Crippen molar-refractivity contribution < 1.29 is 18.7 Å². The first-order valence-corrected chi connectivity index (χ1v) is 11.4. The van der Waals surface area contributed by atoms with Crippen LogP contribution in [0.4, 0.5) is 5.13 Å². The number of fused-ring (bicyclic) bond motifs is 2. The Morgan fingerprint density at radius 3 is 2.64 bits per heavy atom. The molecule has 5 rings (SSSR count). The number of anilines is 1. The van der Waals surface area contributed by atoms with Crippen LogP contribution in [-0.2, 0) is 0 Å². The minimum Gasteiger partial charge on any atom is -0.493 e. The van der Waals surface area contributed by atoms with E-state index in [9.17, 15) is 9.59 Å². The van der Waals surface area contributed by atoms with E-state index in [0.717, 1.165) is 11.3 Å². The predicted octanol–water partition coefficient (Wildman–Crippen LogP) is 5.02. The van der Waals surface area contributed by atoms with E-state index in [2.05, 4.69) is 4.98 Å². The number of amides is 1. The van der Waals surface area contributed by atoms with Crippen LogP contribution in [0.2, 0.25) is 0 Å². The summed E-state index contributed by atoms with van der Waals surface area (Å²) in [6.07, 6.45) is 0. The molecule has 8 heteroatoms. The van der Waals surface area contributed by atoms with Gasteiger partial charge in [-0.2, -0.15) is 0 Å². The number of aryl methyl sites for hydroxylation is 2. The van der Waals surface area contributed by atoms with Crippen LogP contribution in [0, 0.1) is 13.8 Å². The van der Waals surface area contributed by atoms with Gasteiger partial charge in [0.25, 0.3) is 5.91 Å². The van der Waals surface area contributed by atoms with E-state index in [-0.39, 0.29) is 11.2 Å². The van der Waals surface area contributed by atoms with Gasteiger partial charge >= 0.3 is 0 Å². The van der Waals surface area contributed by atoms with Gasteiger partial charge in [0.2, 0.25) is 5.76 Å². The zero-order valence-corrected chi connectivity index (χ0v) is 19.5. The van der Waals surface area contributed by atoms with E-state index < -0.39 is 11.9 Å². The first kappa shape index (κ1) is 21.2. The molecule has 168 valence electrons. The normalized spacial score (nSPS) is 15.2. The topological polar surface area (TPSA) is 81.9 Å². The number of ether oxygens (including phenoxy) is 2. The first-order valence-electron chi connectivity index (χ1n) is 10.6. The van der Waals surface area contributed by atoms with Crippen molar-refractivity contribution in [3.63, 3.8) is 0 Å². The van der Waals surface area contributed by atoms with Crippen LogP contribution in [0.5, 0.6) is 11.5 Å². The molecule has 1 atom stereocenters. The van der Waals surface area contributed by atoms with Gasteiger partial charge in [0, 0.05) is 5.38 Å². The van der Waals surface area contributed by atoms with Gasteiger partial charge in [-0.25, -0.2) is 4.98 Å². The van der Waals surface area contributed by atoms with Gasteiger partial charge in [0.05, 0.1) is 36.4 Å². The minimum atomic E-state index is -0.705. The van der Waals surface area contributed by atoms with Crippen LogP contribution in [0.3, 0.4) is 0 Å². The quantitative estimate of drug-likeness (QED) is 0.414. The Morgan fingerprint density at radius 2 is 1.94 bits per heavy atom. The maximum atomic E-state index is 13.7. The number of aromatic nitrogens is 1. The summed E-state index contributed by atoms with van der Waals surface area (Å²) in [4.78, 5) is 33.3. The maximum absolute atomic E-state index is 13.7. The van der Waals surface area contributed by atoms with Crippen LogP contribution >= 0.6 is 11.3 Å². The third-order valence-electron chi connectivity index (χ3n) is 5.64. The number of hydrogen-bond donors (Lipinski definition) is 0. The molecule has 0 fully saturated rings. The molecule has 0 radical (unpaired) electrons. The third kappa shape index (κ3) is 3.38. The summed E-state index contributed by atoms with van der Waals surface area (Å²) in [5.41, 5.74) is 2.90. The molecule has 1 aliphatic heterocycles. The number of nitrogens with zero attached hydrogens (tertiary/aromatic N) is 2. The molecule has 0 N–H and O–H groups in total. The van der Waals surface area contributed by atoms with Crippen LogP contribution < -0.4 is 19.8 Å². The average Bonchev–Trinajstić information content (AvgIpc) is 3.36. The molecule has 0 bridgehead atoms. The highest BCUT2D eigenvalue weighted by atomic mass is 32.1. The zero-order valence-electron chi connectivity index (χ0n) is 18.7. The fraction of sp³-hybridized carbons (Fsp3) is 0.240. The van der Waals surface area contributed by atoms with Crippen LogP contribution in [-0.4, -0.2) is 24.6 Å². The Bertz CT molecular complexity index is 1460. The van der Waals surface area contributed by atoms with Gasteiger partial charge in [-0.05, 0) is 50.6 Å². The highest BCUT2D eigenvalue weighted by Crippen LogP contribution is 2.44. The van der Waals surface area contributed by atoms with Crippen molar-refractivity contribution in [1.29, 1.82) is 0 Å². The number of carbonyl (C=O) groups excluding carboxylic acids is 1. The average molecular weight is 463 g/mol. The van der Waals surface area contributed by atoms with Crippen molar-refractivity contribution in [2.45, 2.75) is 26.8 Å². The second-order valence-corrected chi connectivity index (χ2v) is 8.70. The molecule has 2 aromatic carbocycles. The monoisotopic (exact) mass is 462 g/mol. The number of rotatable bonds is 5. The molecule has 2 aromatic heterocycles. The standard InChI is InChI=1S/C25H22N2O5S/c1-5-31-18-9-7-15(11-19(18)30-4)21-20-22(28)16-10-13(2)6-8-17(16)32-23(20)24(29)27(21)25-26-14(3)12-33-25/h6-12,21H,5H2,1-4H3. The van der Waals surface area contributed by atoms with Gasteiger partial charge in [-0.15, -0.1) is 11.3 Å². The lowest BCUT2D eigenvalue weighted by Gasteiger charge is -2.23. The molecular weight excluding hydrogens is 440 g/mol. The number of hydrogen-bond acceptors (Lipinski definition) is 7. The Balaban J connectivity index is 1.79. The van der Waals surface area contributed by atoms with Gasteiger partial charge < -0.3 is 13.9 Å². The molecular formula is C25H22N2O5S. The Kier molecular flexibility index (Phi) is 5.17. The second-order valence-electron chi connectivity index (χ2n) is 7.87. The van der Waals surface area contributed by atoms with Gasteiger partial charge in [0.15, 0.2) is 22.1 Å². The lowest BCUT2D eigenvalue weighted by Crippen LogP contribution is -2.29. The summed E-state index contributed by atoms with van der Waals surface area (Å²) < 4.78 is 17.2. The lowest BCUT2D eigenvalue weighted by atomic mass is 9.98. The van der Waals surface area contributed by atoms with E-state index in [0.29, 0.717) is 45.3 Å². The molecule has 1 unspecified atom stereocenters. The molecule has 0 aliphatic carbocycles. The number of carbonyl (C=O) groups is 1. The van der Waals surface area contributed by atoms with Gasteiger partial charge in [0.1, 0.15) is 5.58 Å². The molecule has 0 spiro atoms. The molecule has 1 amide bonds. The van der Waals surface area contributed by atoms with E-state index in [1.807, 2.05) is 38.3 Å². The van der Waals surface area contributed by atoms with Crippen molar-refractivity contribution in [3.8, 4) is 11.5 Å². The van der Waals surface area contributed by atoms with E-state index in [1.165, 1.54) is 16.2 Å². The SMILES string of the molecule is CCOc1ccc(C2c3c(oc4ccc(C)cc4c3=O)C(=O)N2c2nc(C)cs2)cc1OC. The summed E-state index contributed by atoms with van der Waals surface area (Å²) in [5.74, 6) is 0.761. The molecule has 4 aromatic rings. The largest absolute Gasteiger partial charge is 0.493 e. The number of thiazole rings is 1. The first-order chi connectivity index (χ1) is 15.9. The smallest absolute Gasteiger partial charge is 0.297 e. The van der Waals surface area contributed by atoms with Crippen LogP contribution in [0.25, 0.3) is 11.0 Å². The third-order valence-corrected chi connectivity index (χ3v) is 6.60. The summed E-state index contributed by atoms with van der Waals surface area (Å²) in [7, 11) is 1.56. The number of methoxy groups -OCH3 is 1. The fourth-order valence-corrected chi connectivity index (χ4v) is 5.01. The second kappa shape index (κ2) is 8.04. The summed E-state index contributed by atoms with van der Waals surface area (Å²) in [6.45, 7) is 6.16. The molecule has 7 nitrogen and oxygen atoms in total. The predicted molar refractivity (Wildman–Crippen MR) is 127 cm³/mol. The maximum Gasteiger partial charge on any atom is 0.297 e. The highest BCUT2D eigenvalue weighted by Gasteiger charge is 2.45. The van der Waals surface area contributed by atoms with E-state index in [4.69, 9.17) is 13.9 Å². The Hall–Kier alpha value is -3.65. The Labute approximate surface area is 194 Å². The van der Waals surface area contributed by atoms with Crippen molar-refractivity contribution in [2.24, 2.45) is 0 Å². The lowest BCUT2D eigenvalue weighted by molar-refractivity contribution is 0.0971. The van der Waals surface area contributed by atoms with Crippen LogP contribution in [0.1, 0.15) is 45.9 Å². The van der Waals surface area contributed by atoms with Crippen molar-refractivity contribution in [1.82, 2.24) is 4.98 Å². The number of benzene rings is 2. The zero-order chi connectivity index (χ0) is 23.3.